The molecule has 0 spiro atoms. The zero-order valence-corrected chi connectivity index (χ0v) is 15.2. The molecule has 23 heavy (non-hydrogen) atoms. The van der Waals surface area contributed by atoms with Crippen molar-refractivity contribution < 1.29 is 13.2 Å². The van der Waals surface area contributed by atoms with Gasteiger partial charge in [0.05, 0.1) is 5.75 Å². The van der Waals surface area contributed by atoms with Gasteiger partial charge in [0.1, 0.15) is 5.75 Å². The van der Waals surface area contributed by atoms with Gasteiger partial charge in [-0.3, -0.25) is 4.79 Å². The molecule has 0 unspecified atom stereocenters. The lowest BCUT2D eigenvalue weighted by molar-refractivity contribution is -0.129. The quantitative estimate of drug-likeness (QED) is 0.849. The van der Waals surface area contributed by atoms with Gasteiger partial charge in [-0.15, -0.1) is 0 Å². The van der Waals surface area contributed by atoms with E-state index in [0.717, 1.165) is 24.8 Å². The van der Waals surface area contributed by atoms with Crippen LogP contribution in [0.2, 0.25) is 0 Å². The molecule has 0 radical (unpaired) electrons. The first kappa shape index (κ1) is 18.0. The van der Waals surface area contributed by atoms with Crippen LogP contribution in [0.25, 0.3) is 0 Å². The number of piperidine rings is 1. The molecule has 1 aliphatic heterocycles. The van der Waals surface area contributed by atoms with E-state index in [9.17, 15) is 13.2 Å². The van der Waals surface area contributed by atoms with Gasteiger partial charge < -0.3 is 4.90 Å². The summed E-state index contributed by atoms with van der Waals surface area (Å²) >= 11 is 0. The Kier molecular flexibility index (Phi) is 5.50. The molecule has 1 saturated heterocycles. The molecule has 0 saturated carbocycles. The molecule has 0 N–H and O–H groups in total. The fourth-order valence-electron chi connectivity index (χ4n) is 2.83. The van der Waals surface area contributed by atoms with Crippen LogP contribution in [0.5, 0.6) is 0 Å². The van der Waals surface area contributed by atoms with Crippen LogP contribution >= 0.6 is 0 Å². The number of benzene rings is 1. The lowest BCUT2D eigenvalue weighted by atomic mass is 9.87. The first-order valence-corrected chi connectivity index (χ1v) is 10.1. The number of carbonyl (C=O) groups is 1. The zero-order chi connectivity index (χ0) is 17.1. The second-order valence-electron chi connectivity index (χ2n) is 7.42. The standard InChI is InChI=1S/C18H27NO3S/c1-18(2,3)16-9-7-15(8-10-16)13-23(21,22)14-17(20)19-11-5-4-6-12-19/h7-10H,4-6,11-14H2,1-3H3. The summed E-state index contributed by atoms with van der Waals surface area (Å²) in [5, 5.41) is 0. The SMILES string of the molecule is CC(C)(C)c1ccc(CS(=O)(=O)CC(=O)N2CCCCC2)cc1. The summed E-state index contributed by atoms with van der Waals surface area (Å²) in [6, 6.07) is 7.64. The smallest absolute Gasteiger partial charge is 0.237 e. The van der Waals surface area contributed by atoms with E-state index in [4.69, 9.17) is 0 Å². The molecule has 1 heterocycles. The fraction of sp³-hybridized carbons (Fsp3) is 0.611. The minimum Gasteiger partial charge on any atom is -0.342 e. The summed E-state index contributed by atoms with van der Waals surface area (Å²) in [5.41, 5.74) is 1.95. The van der Waals surface area contributed by atoms with Crippen LogP contribution in [0.4, 0.5) is 0 Å². The highest BCUT2D eigenvalue weighted by Crippen LogP contribution is 2.22. The van der Waals surface area contributed by atoms with E-state index in [-0.39, 0.29) is 22.8 Å². The molecule has 1 amide bonds. The number of sulfone groups is 1. The van der Waals surface area contributed by atoms with Gasteiger partial charge in [0.15, 0.2) is 9.84 Å². The van der Waals surface area contributed by atoms with E-state index in [0.29, 0.717) is 13.1 Å². The lowest BCUT2D eigenvalue weighted by Gasteiger charge is -2.26. The largest absolute Gasteiger partial charge is 0.342 e. The van der Waals surface area contributed by atoms with Gasteiger partial charge >= 0.3 is 0 Å². The summed E-state index contributed by atoms with van der Waals surface area (Å²) in [4.78, 5) is 13.8. The van der Waals surface area contributed by atoms with Crippen LogP contribution in [0.15, 0.2) is 24.3 Å². The molecule has 0 bridgehead atoms. The van der Waals surface area contributed by atoms with E-state index < -0.39 is 9.84 Å². The Morgan fingerprint density at radius 2 is 1.61 bits per heavy atom. The monoisotopic (exact) mass is 337 g/mol. The van der Waals surface area contributed by atoms with Gasteiger partial charge in [0, 0.05) is 13.1 Å². The Morgan fingerprint density at radius 3 is 2.13 bits per heavy atom. The van der Waals surface area contributed by atoms with E-state index in [1.165, 1.54) is 5.56 Å². The minimum absolute atomic E-state index is 0.0433. The highest BCUT2D eigenvalue weighted by Gasteiger charge is 2.23. The van der Waals surface area contributed by atoms with Crippen molar-refractivity contribution >= 4 is 15.7 Å². The second-order valence-corrected chi connectivity index (χ2v) is 9.49. The number of carbonyl (C=O) groups excluding carboxylic acids is 1. The minimum atomic E-state index is -3.42. The highest BCUT2D eigenvalue weighted by molar-refractivity contribution is 7.91. The molecule has 128 valence electrons. The van der Waals surface area contributed by atoms with Crippen molar-refractivity contribution in [2.24, 2.45) is 0 Å². The van der Waals surface area contributed by atoms with Gasteiger partial charge in [0.2, 0.25) is 5.91 Å². The molecule has 1 fully saturated rings. The topological polar surface area (TPSA) is 54.5 Å². The number of likely N-dealkylation sites (tertiary alicyclic amines) is 1. The van der Waals surface area contributed by atoms with Crippen LogP contribution in [0.1, 0.15) is 51.2 Å². The normalized spacial score (nSPS) is 16.4. The van der Waals surface area contributed by atoms with Crippen molar-refractivity contribution in [2.75, 3.05) is 18.8 Å². The van der Waals surface area contributed by atoms with E-state index in [2.05, 4.69) is 20.8 Å². The summed E-state index contributed by atoms with van der Waals surface area (Å²) in [6.45, 7) is 7.74. The summed E-state index contributed by atoms with van der Waals surface area (Å²) in [7, 11) is -3.42. The maximum Gasteiger partial charge on any atom is 0.237 e. The van der Waals surface area contributed by atoms with Gasteiger partial charge in [-0.05, 0) is 35.8 Å². The van der Waals surface area contributed by atoms with E-state index in [1.54, 1.807) is 4.90 Å². The Balaban J connectivity index is 1.99. The zero-order valence-electron chi connectivity index (χ0n) is 14.3. The Labute approximate surface area is 139 Å². The highest BCUT2D eigenvalue weighted by atomic mass is 32.2. The van der Waals surface area contributed by atoms with E-state index >= 15 is 0 Å². The maximum atomic E-state index is 12.3. The van der Waals surface area contributed by atoms with Crippen LogP contribution in [-0.2, 0) is 25.8 Å². The van der Waals surface area contributed by atoms with Gasteiger partial charge in [-0.1, -0.05) is 45.0 Å². The maximum absolute atomic E-state index is 12.3. The summed E-state index contributed by atoms with van der Waals surface area (Å²) in [5.74, 6) is -0.707. The molecule has 1 aromatic rings. The number of hydrogen-bond donors (Lipinski definition) is 0. The van der Waals surface area contributed by atoms with Gasteiger partial charge in [-0.2, -0.15) is 0 Å². The number of nitrogens with zero attached hydrogens (tertiary/aromatic N) is 1. The van der Waals surface area contributed by atoms with Crippen LogP contribution in [0.3, 0.4) is 0 Å². The number of amides is 1. The first-order valence-electron chi connectivity index (χ1n) is 8.25. The third-order valence-corrected chi connectivity index (χ3v) is 5.72. The molecule has 4 nitrogen and oxygen atoms in total. The molecule has 0 atom stereocenters. The van der Waals surface area contributed by atoms with Gasteiger partial charge in [0.25, 0.3) is 0 Å². The number of hydrogen-bond acceptors (Lipinski definition) is 3. The van der Waals surface area contributed by atoms with Crippen LogP contribution < -0.4 is 0 Å². The average molecular weight is 337 g/mol. The van der Waals surface area contributed by atoms with Crippen molar-refractivity contribution in [3.8, 4) is 0 Å². The Bertz CT molecular complexity index is 636. The van der Waals surface area contributed by atoms with Crippen molar-refractivity contribution in [1.29, 1.82) is 0 Å². The average Bonchev–Trinajstić information content (AvgIpc) is 2.46. The second kappa shape index (κ2) is 7.04. The fourth-order valence-corrected chi connectivity index (χ4v) is 4.19. The van der Waals surface area contributed by atoms with Crippen molar-refractivity contribution in [2.45, 2.75) is 51.2 Å². The molecule has 0 aromatic heterocycles. The Morgan fingerprint density at radius 1 is 1.04 bits per heavy atom. The predicted octanol–water partition coefficient (Wildman–Crippen LogP) is 2.91. The first-order chi connectivity index (χ1) is 10.7. The number of rotatable bonds is 4. The molecule has 1 aliphatic rings. The van der Waals surface area contributed by atoms with E-state index in [1.807, 2.05) is 24.3 Å². The molecule has 1 aromatic carbocycles. The molecular formula is C18H27NO3S. The Hall–Kier alpha value is -1.36. The van der Waals surface area contributed by atoms with Crippen molar-refractivity contribution in [3.05, 3.63) is 35.4 Å². The van der Waals surface area contributed by atoms with Crippen LogP contribution in [0, 0.1) is 0 Å². The lowest BCUT2D eigenvalue weighted by Crippen LogP contribution is -2.39. The molecule has 0 aliphatic carbocycles. The van der Waals surface area contributed by atoms with Crippen LogP contribution in [-0.4, -0.2) is 38.1 Å². The molecule has 5 heteroatoms. The third kappa shape index (κ3) is 5.34. The summed E-state index contributed by atoms with van der Waals surface area (Å²) < 4.78 is 24.6. The van der Waals surface area contributed by atoms with Crippen molar-refractivity contribution in [3.63, 3.8) is 0 Å². The summed E-state index contributed by atoms with van der Waals surface area (Å²) in [6.07, 6.45) is 3.07. The molecule has 2 rings (SSSR count). The van der Waals surface area contributed by atoms with Crippen molar-refractivity contribution in [1.82, 2.24) is 4.90 Å². The predicted molar refractivity (Wildman–Crippen MR) is 93.1 cm³/mol. The molecular weight excluding hydrogens is 310 g/mol. The van der Waals surface area contributed by atoms with Gasteiger partial charge in [-0.25, -0.2) is 8.42 Å². The third-order valence-electron chi connectivity index (χ3n) is 4.26.